The fourth-order valence-electron chi connectivity index (χ4n) is 4.81. The summed E-state index contributed by atoms with van der Waals surface area (Å²) in [5, 5.41) is 14.5. The van der Waals surface area contributed by atoms with Gasteiger partial charge >= 0.3 is 5.97 Å². The number of nitrogens with zero attached hydrogens (tertiary/aromatic N) is 3. The van der Waals surface area contributed by atoms with E-state index in [0.29, 0.717) is 12.1 Å². The zero-order valence-corrected chi connectivity index (χ0v) is 23.3. The summed E-state index contributed by atoms with van der Waals surface area (Å²) >= 11 is 0. The maximum absolute atomic E-state index is 13.3. The van der Waals surface area contributed by atoms with Crippen LogP contribution in [0, 0.1) is 16.7 Å². The molecule has 0 aromatic carbocycles. The fraction of sp³-hybridized carbons (Fsp3) is 0.433. The summed E-state index contributed by atoms with van der Waals surface area (Å²) in [6.45, 7) is 2.82. The molecule has 0 aliphatic heterocycles. The van der Waals surface area contributed by atoms with Gasteiger partial charge in [-0.05, 0) is 68.6 Å². The van der Waals surface area contributed by atoms with Crippen molar-refractivity contribution in [2.75, 3.05) is 12.4 Å². The third-order valence-corrected chi connectivity index (χ3v) is 7.21. The van der Waals surface area contributed by atoms with Crippen LogP contribution < -0.4 is 16.2 Å². The molecule has 0 saturated carbocycles. The highest BCUT2D eigenvalue weighted by Gasteiger charge is 2.25. The second kappa shape index (κ2) is 14.1. The maximum atomic E-state index is 13.3. The molecule has 0 fully saturated rings. The lowest BCUT2D eigenvalue weighted by atomic mass is 9.75. The lowest BCUT2D eigenvalue weighted by Crippen LogP contribution is -2.45. The summed E-state index contributed by atoms with van der Waals surface area (Å²) in [4.78, 5) is 50.8. The Hall–Kier alpha value is -4.39. The highest BCUT2D eigenvalue weighted by atomic mass is 16.5. The van der Waals surface area contributed by atoms with Crippen LogP contribution in [0.1, 0.15) is 67.9 Å². The van der Waals surface area contributed by atoms with Crippen LogP contribution in [0.4, 0.5) is 5.69 Å². The predicted molar refractivity (Wildman–Crippen MR) is 151 cm³/mol. The number of ether oxygens (including phenoxy) is 1. The lowest BCUT2D eigenvalue weighted by molar-refractivity contribution is -0.134. The quantitative estimate of drug-likeness (QED) is 0.236. The van der Waals surface area contributed by atoms with Gasteiger partial charge in [0.15, 0.2) is 0 Å². The molecule has 0 bridgehead atoms. The normalized spacial score (nSPS) is 17.2. The molecule has 2 aromatic heterocycles. The van der Waals surface area contributed by atoms with Gasteiger partial charge in [0.05, 0.1) is 12.7 Å². The van der Waals surface area contributed by atoms with E-state index in [1.54, 1.807) is 30.0 Å². The first-order valence-electron chi connectivity index (χ1n) is 13.4. The third-order valence-electron chi connectivity index (χ3n) is 7.21. The molecule has 0 spiro atoms. The lowest BCUT2D eigenvalue weighted by Gasteiger charge is -2.30. The number of aromatic nitrogens is 2. The van der Waals surface area contributed by atoms with Crippen LogP contribution in [0.3, 0.4) is 0 Å². The Morgan fingerprint density at radius 2 is 2.10 bits per heavy atom. The fourth-order valence-corrected chi connectivity index (χ4v) is 4.81. The zero-order chi connectivity index (χ0) is 29.1. The molecule has 0 saturated heterocycles. The minimum Gasteiger partial charge on any atom is -0.466 e. The van der Waals surface area contributed by atoms with Crippen LogP contribution in [-0.2, 0) is 27.9 Å². The number of pyridine rings is 1. The van der Waals surface area contributed by atoms with Gasteiger partial charge in [-0.25, -0.2) is 4.79 Å². The van der Waals surface area contributed by atoms with E-state index in [-0.39, 0.29) is 35.2 Å². The largest absolute Gasteiger partial charge is 0.466 e. The molecule has 2 unspecified atom stereocenters. The number of aryl methyl sites for hydroxylation is 2. The number of methoxy groups -OCH3 is 1. The molecule has 2 amide bonds. The number of allylic oxidation sites excluding steroid dienone is 3. The van der Waals surface area contributed by atoms with Gasteiger partial charge in [-0.15, -0.1) is 0 Å². The molecule has 2 heterocycles. The van der Waals surface area contributed by atoms with Crippen molar-refractivity contribution in [3.63, 3.8) is 0 Å². The first-order valence-corrected chi connectivity index (χ1v) is 13.4. The Labute approximate surface area is 234 Å². The van der Waals surface area contributed by atoms with Crippen molar-refractivity contribution in [2.24, 2.45) is 12.5 Å². The number of anilines is 1. The van der Waals surface area contributed by atoms with Crippen molar-refractivity contribution in [3.8, 4) is 6.07 Å². The van der Waals surface area contributed by atoms with Crippen LogP contribution in [0.5, 0.6) is 0 Å². The van der Waals surface area contributed by atoms with Crippen LogP contribution in [0.25, 0.3) is 0 Å². The zero-order valence-electron chi connectivity index (χ0n) is 23.3. The Morgan fingerprint density at radius 1 is 1.30 bits per heavy atom. The van der Waals surface area contributed by atoms with Gasteiger partial charge in [-0.3, -0.25) is 14.4 Å². The summed E-state index contributed by atoms with van der Waals surface area (Å²) in [7, 11) is 2.89. The maximum Gasteiger partial charge on any atom is 0.330 e. The van der Waals surface area contributed by atoms with E-state index in [1.165, 1.54) is 36.1 Å². The van der Waals surface area contributed by atoms with Crippen LogP contribution >= 0.6 is 0 Å². The minimum atomic E-state index is -1.01. The van der Waals surface area contributed by atoms with Gasteiger partial charge in [-0.2, -0.15) is 5.26 Å². The molecule has 40 heavy (non-hydrogen) atoms. The van der Waals surface area contributed by atoms with Gasteiger partial charge in [-0.1, -0.05) is 25.2 Å². The van der Waals surface area contributed by atoms with Crippen molar-refractivity contribution in [1.82, 2.24) is 14.5 Å². The van der Waals surface area contributed by atoms with Gasteiger partial charge < -0.3 is 24.5 Å². The van der Waals surface area contributed by atoms with Crippen molar-refractivity contribution in [3.05, 3.63) is 76.5 Å². The average molecular weight is 548 g/mol. The van der Waals surface area contributed by atoms with Crippen molar-refractivity contribution in [2.45, 2.75) is 64.5 Å². The topological polar surface area (TPSA) is 135 Å². The average Bonchev–Trinajstić information content (AvgIpc) is 3.33. The van der Waals surface area contributed by atoms with E-state index >= 15 is 0 Å². The number of nitriles is 1. The second-order valence-electron chi connectivity index (χ2n) is 10.4. The van der Waals surface area contributed by atoms with E-state index in [1.807, 2.05) is 6.07 Å². The smallest absolute Gasteiger partial charge is 0.330 e. The summed E-state index contributed by atoms with van der Waals surface area (Å²) in [6, 6.07) is 5.65. The Balaban J connectivity index is 1.71. The first-order chi connectivity index (χ1) is 19.2. The number of hydrogen-bond acceptors (Lipinski definition) is 6. The highest BCUT2D eigenvalue weighted by Crippen LogP contribution is 2.36. The van der Waals surface area contributed by atoms with Gasteiger partial charge in [0.2, 0.25) is 5.91 Å². The van der Waals surface area contributed by atoms with E-state index < -0.39 is 23.8 Å². The standard InChI is InChI=1S/C30H37N5O5/c1-30(14-7-4-8-15-30)16-10-18-35-17-9-12-24(29(35)39)33-27(37)23(11-5-6-13-26(36)40-3)32-28(38)25-19-22(20-31)21-34(25)2/h4,6-7,9,12-13,17,19,21,23H,5,8,10-11,14-16,18H2,1-3H3,(H,32,38)(H,33,37)/b13-6+. The number of rotatable bonds is 12. The summed E-state index contributed by atoms with van der Waals surface area (Å²) < 4.78 is 7.68. The van der Waals surface area contributed by atoms with Crippen LogP contribution in [0.15, 0.2) is 59.7 Å². The van der Waals surface area contributed by atoms with E-state index in [9.17, 15) is 19.2 Å². The van der Waals surface area contributed by atoms with Crippen molar-refractivity contribution < 1.29 is 19.1 Å². The van der Waals surface area contributed by atoms with Crippen LogP contribution in [0.2, 0.25) is 0 Å². The second-order valence-corrected chi connectivity index (χ2v) is 10.4. The molecule has 212 valence electrons. The van der Waals surface area contributed by atoms with Gasteiger partial charge in [0, 0.05) is 32.1 Å². The minimum absolute atomic E-state index is 0.120. The molecule has 2 N–H and O–H groups in total. The van der Waals surface area contributed by atoms with E-state index in [4.69, 9.17) is 5.26 Å². The molecule has 10 heteroatoms. The Bertz CT molecular complexity index is 1380. The third kappa shape index (κ3) is 8.30. The summed E-state index contributed by atoms with van der Waals surface area (Å²) in [5.74, 6) is -1.64. The van der Waals surface area contributed by atoms with Gasteiger partial charge in [0.1, 0.15) is 23.5 Å². The monoisotopic (exact) mass is 547 g/mol. The molecule has 3 rings (SSSR count). The molecule has 2 aromatic rings. The number of amides is 2. The first kappa shape index (κ1) is 30.2. The van der Waals surface area contributed by atoms with E-state index in [0.717, 1.165) is 32.1 Å². The molecule has 1 aliphatic carbocycles. The number of nitrogens with one attached hydrogen (secondary N) is 2. The summed E-state index contributed by atoms with van der Waals surface area (Å²) in [5.41, 5.74) is 0.567. The van der Waals surface area contributed by atoms with Crippen LogP contribution in [-0.4, -0.2) is 40.1 Å². The highest BCUT2D eigenvalue weighted by molar-refractivity contribution is 6.00. The predicted octanol–water partition coefficient (Wildman–Crippen LogP) is 3.83. The molecule has 10 nitrogen and oxygen atoms in total. The number of carbonyl (C=O) groups is 3. The van der Waals surface area contributed by atoms with E-state index in [2.05, 4.69) is 34.4 Å². The number of hydrogen-bond donors (Lipinski definition) is 2. The molecule has 2 atom stereocenters. The number of carbonyl (C=O) groups excluding carboxylic acids is 3. The number of esters is 1. The summed E-state index contributed by atoms with van der Waals surface area (Å²) in [6.07, 6.45) is 16.0. The Kier molecular flexibility index (Phi) is 10.6. The molecule has 1 aliphatic rings. The Morgan fingerprint density at radius 3 is 2.77 bits per heavy atom. The van der Waals surface area contributed by atoms with Crippen molar-refractivity contribution >= 4 is 23.5 Å². The molecular weight excluding hydrogens is 510 g/mol. The van der Waals surface area contributed by atoms with Gasteiger partial charge in [0.25, 0.3) is 11.5 Å². The SMILES string of the molecule is COC(=O)/C=C/CCC(NC(=O)c1cc(C#N)cn1C)C(=O)Nc1cccn(CCCC2(C)CC=CCC2)c1=O. The molecular formula is C30H37N5O5. The molecule has 0 radical (unpaired) electrons. The van der Waals surface area contributed by atoms with Crippen molar-refractivity contribution in [1.29, 1.82) is 5.26 Å².